The maximum absolute atomic E-state index is 13.4. The minimum Gasteiger partial charge on any atom is -0.507 e. The zero-order valence-electron chi connectivity index (χ0n) is 21.0. The van der Waals surface area contributed by atoms with Crippen LogP contribution in [-0.4, -0.2) is 52.6 Å². The molecule has 0 aliphatic carbocycles. The second-order valence-corrected chi connectivity index (χ2v) is 9.87. The summed E-state index contributed by atoms with van der Waals surface area (Å²) in [5, 5.41) is 22.9. The number of rotatable bonds is 7. The number of aliphatic hydroxyl groups excluding tert-OH is 1. The summed E-state index contributed by atoms with van der Waals surface area (Å²) in [5.74, 6) is -1.29. The third kappa shape index (κ3) is 4.77. The van der Waals surface area contributed by atoms with Crippen LogP contribution in [0.2, 0.25) is 10.0 Å². The monoisotopic (exact) mass is 566 g/mol. The number of hydrogen-bond donors (Lipinski definition) is 3. The van der Waals surface area contributed by atoms with Gasteiger partial charge in [0.25, 0.3) is 11.7 Å². The lowest BCUT2D eigenvalue weighted by atomic mass is 9.94. The summed E-state index contributed by atoms with van der Waals surface area (Å²) in [6.07, 6.45) is 2.26. The van der Waals surface area contributed by atoms with Crippen molar-refractivity contribution in [1.29, 1.82) is 0 Å². The Morgan fingerprint density at radius 1 is 1.03 bits per heavy atom. The Labute approximate surface area is 234 Å². The zero-order valence-corrected chi connectivity index (χ0v) is 22.5. The number of aromatic nitrogens is 1. The Bertz CT molecular complexity index is 1640. The molecule has 10 heteroatoms. The summed E-state index contributed by atoms with van der Waals surface area (Å²) in [6, 6.07) is 13.7. The highest BCUT2D eigenvalue weighted by atomic mass is 35.5. The van der Waals surface area contributed by atoms with Crippen molar-refractivity contribution in [1.82, 2.24) is 9.88 Å². The van der Waals surface area contributed by atoms with E-state index in [4.69, 9.17) is 32.7 Å². The van der Waals surface area contributed by atoms with Gasteiger partial charge in [-0.2, -0.15) is 0 Å². The van der Waals surface area contributed by atoms with E-state index in [1.165, 1.54) is 42.3 Å². The quantitative estimate of drug-likeness (QED) is 0.147. The first-order chi connectivity index (χ1) is 18.7. The highest BCUT2D eigenvalue weighted by molar-refractivity contribution is 6.47. The van der Waals surface area contributed by atoms with Gasteiger partial charge >= 0.3 is 0 Å². The molecule has 0 bridgehead atoms. The number of phenolic OH excluding ortho intramolecular Hbond substituents is 1. The lowest BCUT2D eigenvalue weighted by Crippen LogP contribution is -2.31. The van der Waals surface area contributed by atoms with Gasteiger partial charge in [-0.05, 0) is 66.1 Å². The molecule has 1 atom stereocenters. The number of aromatic hydroxyl groups is 1. The number of carbonyl (C=O) groups excluding carboxylic acids is 2. The van der Waals surface area contributed by atoms with Gasteiger partial charge in [-0.1, -0.05) is 29.3 Å². The van der Waals surface area contributed by atoms with Gasteiger partial charge in [0.2, 0.25) is 0 Å². The number of amides is 1. The van der Waals surface area contributed by atoms with Crippen LogP contribution in [0.1, 0.15) is 22.7 Å². The molecule has 1 unspecified atom stereocenters. The molecule has 0 spiro atoms. The largest absolute Gasteiger partial charge is 0.507 e. The highest BCUT2D eigenvalue weighted by Gasteiger charge is 2.46. The van der Waals surface area contributed by atoms with Gasteiger partial charge in [0.1, 0.15) is 11.5 Å². The number of benzene rings is 3. The van der Waals surface area contributed by atoms with Gasteiger partial charge in [0.15, 0.2) is 11.5 Å². The Balaban J connectivity index is 1.60. The number of H-pyrrole nitrogens is 1. The van der Waals surface area contributed by atoms with E-state index in [9.17, 15) is 19.8 Å². The summed E-state index contributed by atoms with van der Waals surface area (Å²) in [6.45, 7) is 0.160. The molecular formula is C29H24Cl2N2O6. The normalized spacial score (nSPS) is 16.7. The molecular weight excluding hydrogens is 543 g/mol. The third-order valence-electron chi connectivity index (χ3n) is 6.84. The third-order valence-corrected chi connectivity index (χ3v) is 7.39. The summed E-state index contributed by atoms with van der Waals surface area (Å²) in [7, 11) is 2.99. The van der Waals surface area contributed by atoms with Crippen molar-refractivity contribution in [3.8, 4) is 17.2 Å². The molecule has 1 amide bonds. The summed E-state index contributed by atoms with van der Waals surface area (Å²) >= 11 is 12.4. The molecule has 1 aromatic heterocycles. The van der Waals surface area contributed by atoms with E-state index in [-0.39, 0.29) is 34.2 Å². The van der Waals surface area contributed by atoms with E-state index in [1.54, 1.807) is 13.2 Å². The zero-order chi connectivity index (χ0) is 27.8. The van der Waals surface area contributed by atoms with Crippen molar-refractivity contribution in [2.24, 2.45) is 0 Å². The van der Waals surface area contributed by atoms with E-state index >= 15 is 0 Å². The van der Waals surface area contributed by atoms with E-state index in [2.05, 4.69) is 4.98 Å². The maximum Gasteiger partial charge on any atom is 0.295 e. The van der Waals surface area contributed by atoms with E-state index in [1.807, 2.05) is 24.4 Å². The molecule has 0 radical (unpaired) electrons. The SMILES string of the molecule is COc1ccc2[nH]cc(CCN3C(=O)C(=O)/C(=C(\O)c4ccc(Cl)cc4Cl)C3c3ccc(O)c(OC)c3)c2c1. The minimum atomic E-state index is -0.967. The number of aromatic amines is 1. The van der Waals surface area contributed by atoms with Gasteiger partial charge < -0.3 is 29.6 Å². The fraction of sp³-hybridized carbons (Fsp3) is 0.172. The number of ether oxygens (including phenoxy) is 2. The van der Waals surface area contributed by atoms with Gasteiger partial charge in [0.05, 0.1) is 30.9 Å². The van der Waals surface area contributed by atoms with Crippen LogP contribution in [0.3, 0.4) is 0 Å². The topological polar surface area (TPSA) is 112 Å². The van der Waals surface area contributed by atoms with Crippen molar-refractivity contribution in [2.75, 3.05) is 20.8 Å². The molecule has 3 N–H and O–H groups in total. The van der Waals surface area contributed by atoms with Crippen LogP contribution in [0.4, 0.5) is 0 Å². The number of fused-ring (bicyclic) bond motifs is 1. The fourth-order valence-corrected chi connectivity index (χ4v) is 5.38. The van der Waals surface area contributed by atoms with Crippen LogP contribution >= 0.6 is 23.2 Å². The maximum atomic E-state index is 13.4. The summed E-state index contributed by atoms with van der Waals surface area (Å²) in [5.41, 5.74) is 2.34. The Morgan fingerprint density at radius 3 is 2.54 bits per heavy atom. The standard InChI is InChI=1S/C29H24Cl2N2O6/c1-38-18-5-7-22-20(13-18)16(14-32-22)9-10-33-26(15-3-8-23(34)24(11-15)39-2)25(28(36)29(33)37)27(35)19-6-4-17(30)12-21(19)31/h3-8,11-14,26,32,34-35H,9-10H2,1-2H3/b27-25-. The molecule has 5 rings (SSSR count). The first-order valence-corrected chi connectivity index (χ1v) is 12.7. The Hall–Kier alpha value is -4.14. The molecule has 8 nitrogen and oxygen atoms in total. The summed E-state index contributed by atoms with van der Waals surface area (Å²) in [4.78, 5) is 31.4. The van der Waals surface area contributed by atoms with Gasteiger partial charge in [-0.15, -0.1) is 0 Å². The smallest absolute Gasteiger partial charge is 0.295 e. The number of phenols is 1. The lowest BCUT2D eigenvalue weighted by Gasteiger charge is -2.26. The van der Waals surface area contributed by atoms with Gasteiger partial charge in [-0.25, -0.2) is 0 Å². The molecule has 4 aromatic rings. The fourth-order valence-electron chi connectivity index (χ4n) is 4.88. The Morgan fingerprint density at radius 2 is 1.82 bits per heavy atom. The number of nitrogens with zero attached hydrogens (tertiary/aromatic N) is 1. The van der Waals surface area contributed by atoms with Crippen LogP contribution in [0, 0.1) is 0 Å². The number of methoxy groups -OCH3 is 2. The molecule has 2 heterocycles. The van der Waals surface area contributed by atoms with E-state index < -0.39 is 23.5 Å². The molecule has 1 aliphatic heterocycles. The van der Waals surface area contributed by atoms with Crippen molar-refractivity contribution >= 4 is 51.6 Å². The molecule has 3 aromatic carbocycles. The summed E-state index contributed by atoms with van der Waals surface area (Å²) < 4.78 is 10.6. The first kappa shape index (κ1) is 26.5. The molecule has 1 fully saturated rings. The molecule has 1 aliphatic rings. The number of nitrogens with one attached hydrogen (secondary N) is 1. The van der Waals surface area contributed by atoms with Crippen LogP contribution < -0.4 is 9.47 Å². The second-order valence-electron chi connectivity index (χ2n) is 9.02. The average Bonchev–Trinajstić information content (AvgIpc) is 3.44. The number of aliphatic hydroxyl groups is 1. The predicted octanol–water partition coefficient (Wildman–Crippen LogP) is 5.86. The number of carbonyl (C=O) groups is 2. The molecule has 0 saturated carbocycles. The number of hydrogen-bond acceptors (Lipinski definition) is 6. The number of halogens is 2. The predicted molar refractivity (Wildman–Crippen MR) is 149 cm³/mol. The Kier molecular flexibility index (Phi) is 7.16. The van der Waals surface area contributed by atoms with Crippen LogP contribution in [-0.2, 0) is 16.0 Å². The van der Waals surface area contributed by atoms with Gasteiger partial charge in [0, 0.05) is 34.2 Å². The number of likely N-dealkylation sites (tertiary alicyclic amines) is 1. The van der Waals surface area contributed by atoms with Crippen molar-refractivity contribution in [2.45, 2.75) is 12.5 Å². The second kappa shape index (κ2) is 10.6. The number of Topliss-reactive ketones (excluding diaryl/α,β-unsaturated/α-hetero) is 1. The van der Waals surface area contributed by atoms with Crippen LogP contribution in [0.5, 0.6) is 17.2 Å². The van der Waals surface area contributed by atoms with Crippen molar-refractivity contribution in [3.63, 3.8) is 0 Å². The highest BCUT2D eigenvalue weighted by Crippen LogP contribution is 2.43. The van der Waals surface area contributed by atoms with Crippen molar-refractivity contribution < 1.29 is 29.3 Å². The average molecular weight is 567 g/mol. The number of ketones is 1. The lowest BCUT2D eigenvalue weighted by molar-refractivity contribution is -0.139. The first-order valence-electron chi connectivity index (χ1n) is 12.0. The molecule has 39 heavy (non-hydrogen) atoms. The molecule has 200 valence electrons. The minimum absolute atomic E-state index is 0.105. The van der Waals surface area contributed by atoms with E-state index in [0.717, 1.165) is 16.5 Å². The molecule has 1 saturated heterocycles. The van der Waals surface area contributed by atoms with Crippen LogP contribution in [0.25, 0.3) is 16.7 Å². The van der Waals surface area contributed by atoms with Crippen molar-refractivity contribution in [3.05, 3.63) is 93.1 Å². The van der Waals surface area contributed by atoms with Crippen LogP contribution in [0.15, 0.2) is 66.4 Å². The van der Waals surface area contributed by atoms with E-state index in [0.29, 0.717) is 22.8 Å². The van der Waals surface area contributed by atoms with Gasteiger partial charge in [-0.3, -0.25) is 9.59 Å².